The quantitative estimate of drug-likeness (QED) is 0.0662. The van der Waals surface area contributed by atoms with Crippen molar-refractivity contribution in [1.29, 1.82) is 0 Å². The van der Waals surface area contributed by atoms with Crippen molar-refractivity contribution in [3.8, 4) is 0 Å². The number of amides is 2. The SMILES string of the molecule is C.CC(C)C(=O)Nc1nc2c(nnn2[C@@H]2O[C@H](CO)[C@@H](F)[C@H]2O)c(=O)[nH]1.CC[C@H]1O[C@@H](n2nnc3c(=O)[nH]c(NC(=O)C(C)C)nc32)[C@H](OC(=O)c2ccccc2)[C@@H]1F.[Na+].[OH-]. The smallest absolute Gasteiger partial charge is 0.870 e. The number of nitrogens with zero attached hydrogens (tertiary/aromatic N) is 8. The third-order valence-electron chi connectivity index (χ3n) is 9.07. The van der Waals surface area contributed by atoms with E-state index in [0.717, 1.165) is 9.36 Å². The van der Waals surface area contributed by atoms with Crippen LogP contribution in [-0.2, 0) is 23.8 Å². The van der Waals surface area contributed by atoms with Gasteiger partial charge in [-0.1, -0.05) is 70.7 Å². The van der Waals surface area contributed by atoms with Crippen molar-refractivity contribution >= 4 is 52.0 Å². The minimum atomic E-state index is -1.84. The Morgan fingerprint density at radius 2 is 1.31 bits per heavy atom. The summed E-state index contributed by atoms with van der Waals surface area (Å²) in [4.78, 5) is 73.9. The zero-order valence-corrected chi connectivity index (χ0v) is 35.0. The molecule has 7 rings (SSSR count). The van der Waals surface area contributed by atoms with E-state index in [2.05, 4.69) is 51.2 Å². The number of ether oxygens (including phenoxy) is 3. The number of fused-ring (bicyclic) bond motifs is 2. The summed E-state index contributed by atoms with van der Waals surface area (Å²) >= 11 is 0. The molecule has 61 heavy (non-hydrogen) atoms. The molecule has 4 aromatic heterocycles. The minimum absolute atomic E-state index is 0. The van der Waals surface area contributed by atoms with E-state index in [0.29, 0.717) is 6.42 Å². The number of carbonyl (C=O) groups excluding carboxylic acids is 3. The molecule has 2 aliphatic rings. The molecule has 0 radical (unpaired) electrons. The van der Waals surface area contributed by atoms with Gasteiger partial charge in [0.1, 0.15) is 12.2 Å². The van der Waals surface area contributed by atoms with E-state index >= 15 is 4.39 Å². The maximum atomic E-state index is 15.2. The molecule has 0 unspecified atom stereocenters. The molecule has 7 N–H and O–H groups in total. The number of rotatable bonds is 10. The molecule has 0 spiro atoms. The predicted octanol–water partition coefficient (Wildman–Crippen LogP) is -1.86. The summed E-state index contributed by atoms with van der Waals surface area (Å²) in [5.41, 5.74) is -1.51. The number of anilines is 2. The number of aromatic nitrogens is 10. The van der Waals surface area contributed by atoms with Crippen LogP contribution in [0.5, 0.6) is 0 Å². The Morgan fingerprint density at radius 3 is 1.75 bits per heavy atom. The molecule has 23 nitrogen and oxygen atoms in total. The average molecular weight is 871 g/mol. The van der Waals surface area contributed by atoms with Crippen molar-refractivity contribution in [2.24, 2.45) is 11.8 Å². The van der Waals surface area contributed by atoms with E-state index in [4.69, 9.17) is 19.3 Å². The van der Waals surface area contributed by atoms with Crippen LogP contribution >= 0.6 is 0 Å². The number of esters is 1. The van der Waals surface area contributed by atoms with Gasteiger partial charge < -0.3 is 29.9 Å². The molecule has 8 atom stereocenters. The van der Waals surface area contributed by atoms with Crippen molar-refractivity contribution in [2.45, 2.75) is 97.7 Å². The fourth-order valence-corrected chi connectivity index (χ4v) is 5.83. The molecule has 1 aromatic carbocycles. The summed E-state index contributed by atoms with van der Waals surface area (Å²) in [5, 5.41) is 39.0. The Balaban J connectivity index is 0.000000321. The molecule has 26 heteroatoms. The molecule has 2 fully saturated rings. The molecule has 6 heterocycles. The van der Waals surface area contributed by atoms with Crippen LogP contribution < -0.4 is 51.3 Å². The van der Waals surface area contributed by atoms with Crippen molar-refractivity contribution in [2.75, 3.05) is 17.2 Å². The van der Waals surface area contributed by atoms with Gasteiger partial charge in [0, 0.05) is 11.8 Å². The summed E-state index contributed by atoms with van der Waals surface area (Å²) in [5.74, 6) is -2.42. The van der Waals surface area contributed by atoms with Crippen LogP contribution in [0, 0.1) is 11.8 Å². The Labute approximate surface area is 366 Å². The number of H-pyrrole nitrogens is 2. The van der Waals surface area contributed by atoms with Gasteiger partial charge in [-0.05, 0) is 18.6 Å². The Morgan fingerprint density at radius 1 is 0.836 bits per heavy atom. The third-order valence-corrected chi connectivity index (χ3v) is 9.07. The summed E-state index contributed by atoms with van der Waals surface area (Å²) in [6.07, 6.45) is -10.8. The van der Waals surface area contributed by atoms with Gasteiger partial charge in [-0.3, -0.25) is 39.8 Å². The molecule has 2 aliphatic heterocycles. The van der Waals surface area contributed by atoms with E-state index in [-0.39, 0.29) is 106 Å². The number of halogens is 2. The number of nitrogens with one attached hydrogen (secondary N) is 4. The summed E-state index contributed by atoms with van der Waals surface area (Å²) in [7, 11) is 0. The number of alkyl halides is 2. The Bertz CT molecular complexity index is 2410. The number of benzene rings is 1. The van der Waals surface area contributed by atoms with Crippen LogP contribution in [0.1, 0.15) is 71.3 Å². The molecule has 5 aromatic rings. The van der Waals surface area contributed by atoms with Crippen LogP contribution in [0.15, 0.2) is 39.9 Å². The molecular formula is C35H45F2N12NaO11. The molecule has 2 amide bonds. The van der Waals surface area contributed by atoms with E-state index < -0.39 is 72.9 Å². The molecule has 2 saturated heterocycles. The second-order valence-electron chi connectivity index (χ2n) is 13.9. The first kappa shape index (κ1) is 50.2. The number of hydrogen-bond acceptors (Lipinski definition) is 17. The van der Waals surface area contributed by atoms with Crippen molar-refractivity contribution in [3.05, 3.63) is 56.6 Å². The van der Waals surface area contributed by atoms with Gasteiger partial charge in [-0.15, -0.1) is 10.2 Å². The molecule has 326 valence electrons. The van der Waals surface area contributed by atoms with Gasteiger partial charge in [0.15, 0.2) is 53.2 Å². The second kappa shape index (κ2) is 21.1. The Hall–Kier alpha value is -5.15. The largest absolute Gasteiger partial charge is 1.00 e. The zero-order chi connectivity index (χ0) is 42.0. The maximum absolute atomic E-state index is 15.2. The van der Waals surface area contributed by atoms with Crippen molar-refractivity contribution < 1.29 is 82.6 Å². The van der Waals surface area contributed by atoms with Crippen LogP contribution in [0.4, 0.5) is 20.7 Å². The predicted molar refractivity (Wildman–Crippen MR) is 204 cm³/mol. The summed E-state index contributed by atoms with van der Waals surface area (Å²) in [6, 6.07) is 8.16. The number of aromatic amines is 2. The number of hydrogen-bond donors (Lipinski definition) is 6. The molecular weight excluding hydrogens is 825 g/mol. The van der Waals surface area contributed by atoms with Gasteiger partial charge in [0.2, 0.25) is 23.7 Å². The van der Waals surface area contributed by atoms with Crippen LogP contribution in [0.25, 0.3) is 22.3 Å². The topological polar surface area (TPSA) is 326 Å². The van der Waals surface area contributed by atoms with Gasteiger partial charge in [-0.2, -0.15) is 19.3 Å². The zero-order valence-electron chi connectivity index (χ0n) is 33.0. The van der Waals surface area contributed by atoms with Gasteiger partial charge in [0.25, 0.3) is 11.1 Å². The fraction of sp³-hybridized carbons (Fsp3) is 0.514. The first-order valence-corrected chi connectivity index (χ1v) is 18.1. The fourth-order valence-electron chi connectivity index (χ4n) is 5.83. The van der Waals surface area contributed by atoms with E-state index in [1.165, 1.54) is 0 Å². The van der Waals surface area contributed by atoms with Gasteiger partial charge in [0.05, 0.1) is 18.3 Å². The summed E-state index contributed by atoms with van der Waals surface area (Å²) in [6.45, 7) is 7.79. The number of carbonyl (C=O) groups is 3. The third kappa shape index (κ3) is 10.5. The van der Waals surface area contributed by atoms with Crippen LogP contribution in [0.3, 0.4) is 0 Å². The Kier molecular flexibility index (Phi) is 17.4. The second-order valence-corrected chi connectivity index (χ2v) is 13.9. The van der Waals surface area contributed by atoms with E-state index in [1.807, 2.05) is 0 Å². The van der Waals surface area contributed by atoms with Crippen molar-refractivity contribution in [3.63, 3.8) is 0 Å². The average Bonchev–Trinajstić information content (AvgIpc) is 3.96. The van der Waals surface area contributed by atoms with Gasteiger partial charge in [-0.25, -0.2) is 13.6 Å². The number of aliphatic hydroxyl groups excluding tert-OH is 2. The standard InChI is InChI=1S/C21H23FN6O5.C13H17FN6O5.CH4.Na.H2O/c1-4-12-13(22)15(33-20(31)11-8-6-5-7-9-11)19(32-12)28-16-14(26-27-28)18(30)25-21(23-16)24-17(29)10(2)3;1-4(2)10(23)16-13-15-9-7(11(24)17-13)18-19-20(9)12-8(22)6(14)5(3-21)25-12;;;/h5-10,12-13,15,19H,4H2,1-3H3,(H2,23,24,25,29,30);4-6,8,12,21-22H,3H2,1-2H3,(H2,15,16,17,23,24);1H4;;1H2/q;;;+1;/p-1/t12-,13-,15-,19-;5-,6-,8-,12-;;;/m11.../s1. The monoisotopic (exact) mass is 870 g/mol. The van der Waals surface area contributed by atoms with Crippen LogP contribution in [0.2, 0.25) is 0 Å². The summed E-state index contributed by atoms with van der Waals surface area (Å²) < 4.78 is 47.6. The molecule has 0 bridgehead atoms. The first-order valence-electron chi connectivity index (χ1n) is 18.1. The van der Waals surface area contributed by atoms with E-state index in [1.54, 1.807) is 65.0 Å². The van der Waals surface area contributed by atoms with Crippen LogP contribution in [-0.4, -0.2) is 127 Å². The van der Waals surface area contributed by atoms with E-state index in [9.17, 15) is 33.5 Å². The van der Waals surface area contributed by atoms with Gasteiger partial charge >= 0.3 is 35.5 Å². The maximum Gasteiger partial charge on any atom is 1.00 e. The van der Waals surface area contributed by atoms with Crippen molar-refractivity contribution in [1.82, 2.24) is 49.9 Å². The normalized spacial score (nSPS) is 23.1. The molecule has 0 saturated carbocycles. The molecule has 0 aliphatic carbocycles. The number of aliphatic hydroxyl groups is 2. The first-order chi connectivity index (χ1) is 27.6. The minimum Gasteiger partial charge on any atom is -0.870 e.